The molecule has 1 aliphatic rings. The summed E-state index contributed by atoms with van der Waals surface area (Å²) in [4.78, 5) is 12.9. The summed E-state index contributed by atoms with van der Waals surface area (Å²) in [6.07, 6.45) is -0.389. The highest BCUT2D eigenvalue weighted by Crippen LogP contribution is 2.37. The van der Waals surface area contributed by atoms with Crippen molar-refractivity contribution in [1.29, 1.82) is 0 Å². The van der Waals surface area contributed by atoms with Crippen molar-refractivity contribution in [3.63, 3.8) is 0 Å². The molecule has 0 aromatic heterocycles. The van der Waals surface area contributed by atoms with Crippen LogP contribution in [0.3, 0.4) is 0 Å². The van der Waals surface area contributed by atoms with Crippen molar-refractivity contribution in [2.75, 3.05) is 0 Å². The second kappa shape index (κ2) is 9.04. The summed E-state index contributed by atoms with van der Waals surface area (Å²) in [7, 11) is 0. The predicted octanol–water partition coefficient (Wildman–Crippen LogP) is 6.14. The van der Waals surface area contributed by atoms with Crippen LogP contribution in [0.2, 0.25) is 10.0 Å². The molecule has 1 unspecified atom stereocenters. The standard InChI is InChI=1S/C23H18Cl2INO2/c24-17-7-3-15(4-8-17)21-22(16-5-9-18(25)10-6-16)29-20(23(28)27-21)13-14-1-11-19(26)12-2-14/h1-12,20-22H,13H2,(H,27,28)/t20-,21?,22-/m1/s1. The van der Waals surface area contributed by atoms with E-state index in [1.807, 2.05) is 72.8 Å². The summed E-state index contributed by atoms with van der Waals surface area (Å²) < 4.78 is 7.52. The van der Waals surface area contributed by atoms with Gasteiger partial charge in [-0.3, -0.25) is 4.79 Å². The monoisotopic (exact) mass is 537 g/mol. The third-order valence-corrected chi connectivity index (χ3v) is 6.19. The summed E-state index contributed by atoms with van der Waals surface area (Å²) >= 11 is 14.4. The quantitative estimate of drug-likeness (QED) is 0.406. The number of morpholine rings is 1. The molecule has 3 atom stereocenters. The highest BCUT2D eigenvalue weighted by Gasteiger charge is 2.38. The van der Waals surface area contributed by atoms with Crippen LogP contribution in [0, 0.1) is 3.57 Å². The second-order valence-electron chi connectivity index (χ2n) is 6.97. The molecule has 1 saturated heterocycles. The first-order valence-electron chi connectivity index (χ1n) is 9.21. The predicted molar refractivity (Wildman–Crippen MR) is 124 cm³/mol. The van der Waals surface area contributed by atoms with Gasteiger partial charge in [-0.1, -0.05) is 59.6 Å². The lowest BCUT2D eigenvalue weighted by Crippen LogP contribution is -2.48. The van der Waals surface area contributed by atoms with E-state index >= 15 is 0 Å². The number of hydrogen-bond donors (Lipinski definition) is 1. The van der Waals surface area contributed by atoms with Crippen LogP contribution in [0.25, 0.3) is 0 Å². The SMILES string of the molecule is O=C1NC(c2ccc(Cl)cc2)[C@@H](c2ccc(Cl)cc2)O[C@@H]1Cc1ccc(I)cc1. The lowest BCUT2D eigenvalue weighted by molar-refractivity contribution is -0.150. The molecule has 0 saturated carbocycles. The van der Waals surface area contributed by atoms with E-state index in [0.29, 0.717) is 16.5 Å². The van der Waals surface area contributed by atoms with Gasteiger partial charge in [0, 0.05) is 20.0 Å². The van der Waals surface area contributed by atoms with Crippen LogP contribution < -0.4 is 5.32 Å². The molecule has 0 bridgehead atoms. The van der Waals surface area contributed by atoms with E-state index in [1.165, 1.54) is 0 Å². The van der Waals surface area contributed by atoms with Gasteiger partial charge in [0.15, 0.2) is 0 Å². The van der Waals surface area contributed by atoms with E-state index < -0.39 is 6.10 Å². The zero-order valence-electron chi connectivity index (χ0n) is 15.3. The summed E-state index contributed by atoms with van der Waals surface area (Å²) in [5.74, 6) is -0.117. The van der Waals surface area contributed by atoms with Gasteiger partial charge in [-0.05, 0) is 75.7 Å². The van der Waals surface area contributed by atoms with Gasteiger partial charge < -0.3 is 10.1 Å². The molecule has 1 heterocycles. The second-order valence-corrected chi connectivity index (χ2v) is 9.08. The molecule has 6 heteroatoms. The van der Waals surface area contributed by atoms with Crippen molar-refractivity contribution in [1.82, 2.24) is 5.32 Å². The van der Waals surface area contributed by atoms with Gasteiger partial charge in [-0.15, -0.1) is 0 Å². The van der Waals surface area contributed by atoms with Crippen molar-refractivity contribution < 1.29 is 9.53 Å². The molecular weight excluding hydrogens is 520 g/mol. The maximum Gasteiger partial charge on any atom is 0.250 e. The van der Waals surface area contributed by atoms with Gasteiger partial charge in [0.25, 0.3) is 0 Å². The Morgan fingerprint density at radius 1 is 0.828 bits per heavy atom. The molecule has 148 valence electrons. The fraction of sp³-hybridized carbons (Fsp3) is 0.174. The number of carbonyl (C=O) groups is 1. The van der Waals surface area contributed by atoms with Crippen molar-refractivity contribution in [3.05, 3.63) is 103 Å². The van der Waals surface area contributed by atoms with Crippen LogP contribution in [-0.4, -0.2) is 12.0 Å². The Hall–Kier alpha value is -1.60. The Morgan fingerprint density at radius 3 is 1.97 bits per heavy atom. The van der Waals surface area contributed by atoms with E-state index in [9.17, 15) is 4.79 Å². The smallest absolute Gasteiger partial charge is 0.250 e. The number of halogens is 3. The van der Waals surface area contributed by atoms with Crippen molar-refractivity contribution in [3.8, 4) is 0 Å². The van der Waals surface area contributed by atoms with Gasteiger partial charge in [-0.25, -0.2) is 0 Å². The molecule has 1 amide bonds. The van der Waals surface area contributed by atoms with Crippen LogP contribution in [0.5, 0.6) is 0 Å². The fourth-order valence-corrected chi connectivity index (χ4v) is 4.08. The number of hydrogen-bond acceptors (Lipinski definition) is 2. The number of carbonyl (C=O) groups excluding carboxylic acids is 1. The molecule has 4 rings (SSSR count). The zero-order valence-corrected chi connectivity index (χ0v) is 19.0. The third-order valence-electron chi connectivity index (χ3n) is 4.97. The lowest BCUT2D eigenvalue weighted by atomic mass is 9.92. The molecule has 0 spiro atoms. The molecule has 1 aliphatic heterocycles. The number of benzene rings is 3. The maximum absolute atomic E-state index is 12.9. The van der Waals surface area contributed by atoms with Crippen LogP contribution in [0.4, 0.5) is 0 Å². The number of ether oxygens (including phenoxy) is 1. The summed E-state index contributed by atoms with van der Waals surface area (Å²) in [6, 6.07) is 22.8. The van der Waals surface area contributed by atoms with Crippen LogP contribution in [-0.2, 0) is 16.0 Å². The van der Waals surface area contributed by atoms with Gasteiger partial charge in [0.05, 0.1) is 6.04 Å². The molecular formula is C23H18Cl2INO2. The Morgan fingerprint density at radius 2 is 1.38 bits per heavy atom. The Kier molecular flexibility index (Phi) is 6.44. The van der Waals surface area contributed by atoms with Crippen molar-refractivity contribution >= 4 is 51.7 Å². The lowest BCUT2D eigenvalue weighted by Gasteiger charge is -2.37. The summed E-state index contributed by atoms with van der Waals surface area (Å²) in [5.41, 5.74) is 2.96. The first-order valence-corrected chi connectivity index (χ1v) is 11.0. The van der Waals surface area contributed by atoms with Crippen LogP contribution >= 0.6 is 45.8 Å². The minimum absolute atomic E-state index is 0.117. The van der Waals surface area contributed by atoms with Gasteiger partial charge in [0.2, 0.25) is 5.91 Å². The minimum Gasteiger partial charge on any atom is -0.358 e. The van der Waals surface area contributed by atoms with E-state index in [2.05, 4.69) is 27.9 Å². The highest BCUT2D eigenvalue weighted by atomic mass is 127. The van der Waals surface area contributed by atoms with Crippen LogP contribution in [0.1, 0.15) is 28.8 Å². The fourth-order valence-electron chi connectivity index (χ4n) is 3.47. The Labute approximate surface area is 193 Å². The third kappa shape index (κ3) is 4.94. The van der Waals surface area contributed by atoms with Crippen molar-refractivity contribution in [2.24, 2.45) is 0 Å². The average Bonchev–Trinajstić information content (AvgIpc) is 2.72. The molecule has 1 fully saturated rings. The highest BCUT2D eigenvalue weighted by molar-refractivity contribution is 14.1. The molecule has 0 aliphatic carbocycles. The maximum atomic E-state index is 12.9. The molecule has 0 radical (unpaired) electrons. The van der Waals surface area contributed by atoms with Gasteiger partial charge in [-0.2, -0.15) is 0 Å². The Balaban J connectivity index is 1.64. The topological polar surface area (TPSA) is 38.3 Å². The van der Waals surface area contributed by atoms with E-state index in [0.717, 1.165) is 20.3 Å². The minimum atomic E-state index is -0.570. The molecule has 29 heavy (non-hydrogen) atoms. The normalized spacial score (nSPS) is 21.6. The molecule has 3 nitrogen and oxygen atoms in total. The largest absolute Gasteiger partial charge is 0.358 e. The summed E-state index contributed by atoms with van der Waals surface area (Å²) in [6.45, 7) is 0. The van der Waals surface area contributed by atoms with E-state index in [-0.39, 0.29) is 18.1 Å². The first kappa shape index (κ1) is 20.7. The molecule has 3 aromatic rings. The van der Waals surface area contributed by atoms with Gasteiger partial charge in [0.1, 0.15) is 12.2 Å². The van der Waals surface area contributed by atoms with E-state index in [1.54, 1.807) is 0 Å². The average molecular weight is 538 g/mol. The number of amides is 1. The molecule has 1 N–H and O–H groups in total. The molecule has 3 aromatic carbocycles. The van der Waals surface area contributed by atoms with Crippen molar-refractivity contribution in [2.45, 2.75) is 24.7 Å². The van der Waals surface area contributed by atoms with Crippen LogP contribution in [0.15, 0.2) is 72.8 Å². The summed E-state index contributed by atoms with van der Waals surface area (Å²) in [5, 5.41) is 4.46. The number of rotatable bonds is 4. The number of nitrogens with one attached hydrogen (secondary N) is 1. The van der Waals surface area contributed by atoms with Gasteiger partial charge >= 0.3 is 0 Å². The first-order chi connectivity index (χ1) is 14.0. The zero-order chi connectivity index (χ0) is 20.4. The van der Waals surface area contributed by atoms with E-state index in [4.69, 9.17) is 27.9 Å². The Bertz CT molecular complexity index is 991.